The molecule has 19 heteroatoms. The zero-order chi connectivity index (χ0) is 76.0. The maximum absolute atomic E-state index is 13.1. The highest BCUT2D eigenvalue weighted by molar-refractivity contribution is 7.47. The average Bonchev–Trinajstić information content (AvgIpc) is 0.913. The molecule has 0 fully saturated rings. The Morgan fingerprint density at radius 1 is 0.272 bits per heavy atom. The van der Waals surface area contributed by atoms with Crippen molar-refractivity contribution in [3.8, 4) is 0 Å². The van der Waals surface area contributed by atoms with Gasteiger partial charge in [-0.1, -0.05) is 383 Å². The first kappa shape index (κ1) is 101. The number of aliphatic hydroxyl groups is 1. The largest absolute Gasteiger partial charge is 0.472 e. The average molecular weight is 1510 g/mol. The van der Waals surface area contributed by atoms with E-state index in [1.54, 1.807) is 0 Å². The van der Waals surface area contributed by atoms with Gasteiger partial charge in [-0.05, 0) is 49.4 Å². The zero-order valence-corrected chi connectivity index (χ0v) is 69.7. The van der Waals surface area contributed by atoms with Crippen LogP contribution in [-0.2, 0) is 65.4 Å². The van der Waals surface area contributed by atoms with Gasteiger partial charge >= 0.3 is 39.5 Å². The van der Waals surface area contributed by atoms with E-state index in [9.17, 15) is 43.2 Å². The fourth-order valence-electron chi connectivity index (χ4n) is 12.9. The van der Waals surface area contributed by atoms with Crippen molar-refractivity contribution < 1.29 is 80.2 Å². The van der Waals surface area contributed by atoms with Crippen molar-refractivity contribution in [1.29, 1.82) is 0 Å². The molecule has 0 amide bonds. The summed E-state index contributed by atoms with van der Waals surface area (Å²) in [5.41, 5.74) is 0. The van der Waals surface area contributed by atoms with Gasteiger partial charge in [-0.15, -0.1) is 0 Å². The van der Waals surface area contributed by atoms with E-state index in [4.69, 9.17) is 37.0 Å². The third-order valence-electron chi connectivity index (χ3n) is 19.9. The van der Waals surface area contributed by atoms with Crippen LogP contribution in [-0.4, -0.2) is 96.7 Å². The van der Waals surface area contributed by atoms with Crippen LogP contribution in [0.15, 0.2) is 0 Å². The van der Waals surface area contributed by atoms with E-state index >= 15 is 0 Å². The van der Waals surface area contributed by atoms with E-state index in [2.05, 4.69) is 55.4 Å². The predicted octanol–water partition coefficient (Wildman–Crippen LogP) is 25.2. The molecule has 0 aromatic carbocycles. The minimum Gasteiger partial charge on any atom is -0.462 e. The first-order valence-corrected chi connectivity index (χ1v) is 46.2. The van der Waals surface area contributed by atoms with Crippen molar-refractivity contribution in [3.05, 3.63) is 0 Å². The van der Waals surface area contributed by atoms with Crippen molar-refractivity contribution in [3.63, 3.8) is 0 Å². The Hall–Kier alpha value is -1.94. The summed E-state index contributed by atoms with van der Waals surface area (Å²) in [6.45, 7) is 14.3. The SMILES string of the molecule is CCC(C)CCCCCCCCCCCCCCCCC(=O)O[C@H](COC(=O)CCCCCCCCCCCCCCCCCCC(C)C)COP(=O)(O)OCC(O)COP(=O)(O)OC[C@@H](COC(=O)CCCCCCCCCC(C)C)OC(=O)CCCCCCCCCCCCCCCC(C)C. The zero-order valence-electron chi connectivity index (χ0n) is 68.0. The number of hydrogen-bond acceptors (Lipinski definition) is 15. The number of esters is 4. The summed E-state index contributed by atoms with van der Waals surface area (Å²) in [5, 5.41) is 10.7. The molecule has 0 saturated carbocycles. The van der Waals surface area contributed by atoms with E-state index in [0.717, 1.165) is 114 Å². The lowest BCUT2D eigenvalue weighted by Gasteiger charge is -2.21. The first-order valence-electron chi connectivity index (χ1n) is 43.2. The summed E-state index contributed by atoms with van der Waals surface area (Å²) in [6.07, 6.45) is 61.1. The van der Waals surface area contributed by atoms with Crippen LogP contribution in [0.5, 0.6) is 0 Å². The Bertz CT molecular complexity index is 2010. The smallest absolute Gasteiger partial charge is 0.462 e. The van der Waals surface area contributed by atoms with Crippen molar-refractivity contribution in [1.82, 2.24) is 0 Å². The normalized spacial score (nSPS) is 14.2. The van der Waals surface area contributed by atoms with Crippen LogP contribution in [0.1, 0.15) is 434 Å². The number of ether oxygens (including phenoxy) is 4. The standard InChI is InChI=1S/C84H164O17P2/c1-9-77(8)63-55-47-39-31-25-19-14-15-21-27-33-41-50-58-66-83(88)100-79(70-94-81(86)64-56-48-40-32-26-20-13-11-10-12-17-23-29-36-44-52-60-74(2)3)72-98-102(90,91)96-68-78(85)69-97-103(92,93)99-73-80(71-95-82(87)65-57-49-43-35-38-46-54-62-76(6)7)101-84(89)67-59-51-42-34-28-22-16-18-24-30-37-45-53-61-75(4)5/h74-80,85H,9-73H2,1-8H3,(H,90,91)(H,92,93)/t77?,78?,79-,80-/m1/s1. The number of hydrogen-bond donors (Lipinski definition) is 3. The van der Waals surface area contributed by atoms with Gasteiger partial charge in [0.25, 0.3) is 0 Å². The molecular weight excluding hydrogens is 1340 g/mol. The third-order valence-corrected chi connectivity index (χ3v) is 21.8. The highest BCUT2D eigenvalue weighted by Crippen LogP contribution is 2.45. The van der Waals surface area contributed by atoms with Crippen molar-refractivity contribution in [2.75, 3.05) is 39.6 Å². The number of phosphoric acid groups is 2. The van der Waals surface area contributed by atoms with Gasteiger partial charge in [0.1, 0.15) is 19.3 Å². The predicted molar refractivity (Wildman–Crippen MR) is 423 cm³/mol. The van der Waals surface area contributed by atoms with Gasteiger partial charge in [0.15, 0.2) is 12.2 Å². The van der Waals surface area contributed by atoms with Crippen LogP contribution in [0.25, 0.3) is 0 Å². The number of aliphatic hydroxyl groups excluding tert-OH is 1. The lowest BCUT2D eigenvalue weighted by atomic mass is 9.99. The van der Waals surface area contributed by atoms with E-state index in [1.807, 2.05) is 0 Å². The molecule has 3 N–H and O–H groups in total. The van der Waals surface area contributed by atoms with Crippen LogP contribution in [0, 0.1) is 23.7 Å². The number of phosphoric ester groups is 2. The van der Waals surface area contributed by atoms with Crippen LogP contribution < -0.4 is 0 Å². The molecule has 0 aliphatic rings. The number of carbonyl (C=O) groups is 4. The highest BCUT2D eigenvalue weighted by atomic mass is 31.2. The van der Waals surface area contributed by atoms with Gasteiger partial charge in [-0.25, -0.2) is 9.13 Å². The van der Waals surface area contributed by atoms with Crippen molar-refractivity contribution in [2.24, 2.45) is 23.7 Å². The number of rotatable bonds is 81. The second-order valence-corrected chi connectivity index (χ2v) is 34.8. The molecule has 6 atom stereocenters. The minimum atomic E-state index is -4.97. The minimum absolute atomic E-state index is 0.106. The molecule has 0 saturated heterocycles. The highest BCUT2D eigenvalue weighted by Gasteiger charge is 2.30. The maximum Gasteiger partial charge on any atom is 0.472 e. The van der Waals surface area contributed by atoms with Crippen LogP contribution in [0.4, 0.5) is 0 Å². The number of carbonyl (C=O) groups excluding carboxylic acids is 4. The van der Waals surface area contributed by atoms with E-state index in [1.165, 1.54) is 231 Å². The maximum atomic E-state index is 13.1. The Kier molecular flexibility index (Phi) is 71.5. The Labute approximate surface area is 632 Å². The van der Waals surface area contributed by atoms with Gasteiger partial charge in [0.2, 0.25) is 0 Å². The van der Waals surface area contributed by atoms with Crippen LogP contribution in [0.3, 0.4) is 0 Å². The first-order chi connectivity index (χ1) is 49.6. The molecule has 0 radical (unpaired) electrons. The van der Waals surface area contributed by atoms with E-state index in [0.29, 0.717) is 31.6 Å². The summed E-state index contributed by atoms with van der Waals surface area (Å²) in [5.74, 6) is 1.04. The summed E-state index contributed by atoms with van der Waals surface area (Å²) in [4.78, 5) is 73.1. The lowest BCUT2D eigenvalue weighted by molar-refractivity contribution is -0.161. The van der Waals surface area contributed by atoms with Gasteiger partial charge in [0, 0.05) is 25.7 Å². The monoisotopic (exact) mass is 1510 g/mol. The Morgan fingerprint density at radius 2 is 0.466 bits per heavy atom. The number of unbranched alkanes of at least 4 members (excludes halogenated alkanes) is 46. The summed E-state index contributed by atoms with van der Waals surface area (Å²) in [6, 6.07) is 0. The fraction of sp³-hybridized carbons (Fsp3) is 0.952. The van der Waals surface area contributed by atoms with Gasteiger partial charge in [0.05, 0.1) is 26.4 Å². The Balaban J connectivity index is 5.24. The molecule has 0 aromatic rings. The molecule has 0 aliphatic carbocycles. The van der Waals surface area contributed by atoms with E-state index < -0.39 is 97.5 Å². The van der Waals surface area contributed by atoms with Gasteiger partial charge in [-0.2, -0.15) is 0 Å². The molecule has 103 heavy (non-hydrogen) atoms. The van der Waals surface area contributed by atoms with Gasteiger partial charge < -0.3 is 33.8 Å². The van der Waals surface area contributed by atoms with Gasteiger partial charge in [-0.3, -0.25) is 37.3 Å². The third kappa shape index (κ3) is 76.6. The second-order valence-electron chi connectivity index (χ2n) is 31.9. The van der Waals surface area contributed by atoms with Crippen molar-refractivity contribution in [2.45, 2.75) is 453 Å². The summed E-state index contributed by atoms with van der Waals surface area (Å²) >= 11 is 0. The molecule has 17 nitrogen and oxygen atoms in total. The molecule has 4 unspecified atom stereocenters. The quantitative estimate of drug-likeness (QED) is 0.0222. The van der Waals surface area contributed by atoms with Crippen molar-refractivity contribution >= 4 is 39.5 Å². The molecule has 612 valence electrons. The molecule has 0 heterocycles. The Morgan fingerprint density at radius 3 is 0.689 bits per heavy atom. The second kappa shape index (κ2) is 72.9. The molecule has 0 spiro atoms. The molecule has 0 bridgehead atoms. The summed E-state index contributed by atoms with van der Waals surface area (Å²) in [7, 11) is -9.93. The van der Waals surface area contributed by atoms with E-state index in [-0.39, 0.29) is 25.7 Å². The molecule has 0 rings (SSSR count). The molecule has 0 aromatic heterocycles. The molecule has 0 aliphatic heterocycles. The van der Waals surface area contributed by atoms with Crippen LogP contribution in [0.2, 0.25) is 0 Å². The molecular formula is C84H164O17P2. The fourth-order valence-corrected chi connectivity index (χ4v) is 14.5. The lowest BCUT2D eigenvalue weighted by Crippen LogP contribution is -2.30. The topological polar surface area (TPSA) is 237 Å². The summed E-state index contributed by atoms with van der Waals surface area (Å²) < 4.78 is 68.8. The van der Waals surface area contributed by atoms with Crippen LogP contribution >= 0.6 is 15.6 Å².